The largest absolute Gasteiger partial charge is 0.488 e. The minimum absolute atomic E-state index is 0.111. The number of aliphatic hydroxyl groups excluding tert-OH is 1. The molecule has 0 saturated heterocycles. The fraction of sp³-hybridized carbons (Fsp3) is 0.455. The Balaban J connectivity index is 1.72. The predicted octanol–water partition coefficient (Wildman–Crippen LogP) is 4.35. The number of benzene rings is 1. The SMILES string of the molecule is CC(C)(C)OC(=O)N(CC(O)c1cccnc1)C[C@H]1CCc2cc(I)ccc2O1. The molecule has 0 radical (unpaired) electrons. The van der Waals surface area contributed by atoms with Crippen molar-refractivity contribution in [3.63, 3.8) is 0 Å². The van der Waals surface area contributed by atoms with E-state index >= 15 is 0 Å². The van der Waals surface area contributed by atoms with Gasteiger partial charge in [-0.3, -0.25) is 4.98 Å². The first-order chi connectivity index (χ1) is 13.7. The highest BCUT2D eigenvalue weighted by Gasteiger charge is 2.29. The van der Waals surface area contributed by atoms with E-state index in [9.17, 15) is 9.90 Å². The summed E-state index contributed by atoms with van der Waals surface area (Å²) < 4.78 is 12.9. The lowest BCUT2D eigenvalue weighted by Gasteiger charge is -2.33. The topological polar surface area (TPSA) is 71.9 Å². The number of hydrogen-bond acceptors (Lipinski definition) is 5. The second-order valence-corrected chi connectivity index (χ2v) is 9.46. The molecule has 1 unspecified atom stereocenters. The van der Waals surface area contributed by atoms with Crippen LogP contribution in [0.1, 0.15) is 44.4 Å². The molecule has 3 rings (SSSR count). The van der Waals surface area contributed by atoms with Crippen LogP contribution in [0.2, 0.25) is 0 Å². The Bertz CT molecular complexity index is 838. The summed E-state index contributed by atoms with van der Waals surface area (Å²) in [6, 6.07) is 9.67. The summed E-state index contributed by atoms with van der Waals surface area (Å²) in [4.78, 5) is 18.4. The molecule has 0 saturated carbocycles. The molecule has 0 bridgehead atoms. The summed E-state index contributed by atoms with van der Waals surface area (Å²) in [6.07, 6.45) is 3.48. The standard InChI is InChI=1S/C22H27IN2O4/c1-22(2,3)29-21(27)25(14-19(26)16-5-4-10-24-12-16)13-18-8-6-15-11-17(23)7-9-20(15)28-18/h4-5,7,9-12,18-19,26H,6,8,13-14H2,1-3H3/t18-,19?/m1/s1. The van der Waals surface area contributed by atoms with Crippen LogP contribution in [0, 0.1) is 3.57 Å². The van der Waals surface area contributed by atoms with Gasteiger partial charge in [-0.05, 0) is 86.0 Å². The van der Waals surface area contributed by atoms with Crippen LogP contribution in [-0.4, -0.2) is 45.9 Å². The van der Waals surface area contributed by atoms with Crippen molar-refractivity contribution in [2.75, 3.05) is 13.1 Å². The van der Waals surface area contributed by atoms with Gasteiger partial charge in [-0.1, -0.05) is 6.07 Å². The van der Waals surface area contributed by atoms with Crippen molar-refractivity contribution in [2.45, 2.75) is 51.4 Å². The summed E-state index contributed by atoms with van der Waals surface area (Å²) in [6.45, 7) is 5.94. The smallest absolute Gasteiger partial charge is 0.410 e. The fourth-order valence-corrected chi connectivity index (χ4v) is 3.78. The number of carbonyl (C=O) groups is 1. The monoisotopic (exact) mass is 510 g/mol. The van der Waals surface area contributed by atoms with Gasteiger partial charge in [-0.2, -0.15) is 0 Å². The molecule has 2 aromatic rings. The maximum absolute atomic E-state index is 12.8. The maximum Gasteiger partial charge on any atom is 0.410 e. The Labute approximate surface area is 185 Å². The Morgan fingerprint density at radius 2 is 2.21 bits per heavy atom. The van der Waals surface area contributed by atoms with E-state index in [-0.39, 0.29) is 12.6 Å². The second kappa shape index (κ2) is 9.30. The third-order valence-corrected chi connectivity index (χ3v) is 5.26. The second-order valence-electron chi connectivity index (χ2n) is 8.22. The number of nitrogens with zero attached hydrogens (tertiary/aromatic N) is 2. The van der Waals surface area contributed by atoms with E-state index in [1.54, 1.807) is 24.5 Å². The van der Waals surface area contributed by atoms with Gasteiger partial charge in [0.15, 0.2) is 0 Å². The van der Waals surface area contributed by atoms with Gasteiger partial charge in [0.05, 0.1) is 19.2 Å². The van der Waals surface area contributed by atoms with Crippen LogP contribution < -0.4 is 4.74 Å². The molecule has 1 aromatic carbocycles. The van der Waals surface area contributed by atoms with E-state index in [2.05, 4.69) is 33.6 Å². The Morgan fingerprint density at radius 1 is 1.41 bits per heavy atom. The lowest BCUT2D eigenvalue weighted by molar-refractivity contribution is 0.00365. The normalized spacial score (nSPS) is 17.1. The molecule has 2 heterocycles. The number of aliphatic hydroxyl groups is 1. The van der Waals surface area contributed by atoms with Crippen LogP contribution >= 0.6 is 22.6 Å². The summed E-state index contributed by atoms with van der Waals surface area (Å²) in [5.74, 6) is 0.860. The van der Waals surface area contributed by atoms with Crippen molar-refractivity contribution in [3.8, 4) is 5.75 Å². The predicted molar refractivity (Wildman–Crippen MR) is 119 cm³/mol. The summed E-state index contributed by atoms with van der Waals surface area (Å²) >= 11 is 2.29. The number of fused-ring (bicyclic) bond motifs is 1. The van der Waals surface area contributed by atoms with E-state index < -0.39 is 17.8 Å². The van der Waals surface area contributed by atoms with E-state index in [0.717, 1.165) is 18.6 Å². The average molecular weight is 510 g/mol. The van der Waals surface area contributed by atoms with Crippen LogP contribution in [0.3, 0.4) is 0 Å². The number of hydrogen-bond donors (Lipinski definition) is 1. The molecule has 1 aliphatic rings. The zero-order valence-corrected chi connectivity index (χ0v) is 19.1. The van der Waals surface area contributed by atoms with E-state index in [0.29, 0.717) is 12.1 Å². The van der Waals surface area contributed by atoms with Gasteiger partial charge in [-0.15, -0.1) is 0 Å². The molecule has 29 heavy (non-hydrogen) atoms. The van der Waals surface area contributed by atoms with E-state index in [1.807, 2.05) is 32.9 Å². The van der Waals surface area contributed by atoms with Gasteiger partial charge in [0.25, 0.3) is 0 Å². The lowest BCUT2D eigenvalue weighted by atomic mass is 10.0. The van der Waals surface area contributed by atoms with Crippen molar-refractivity contribution in [2.24, 2.45) is 0 Å². The molecule has 1 amide bonds. The maximum atomic E-state index is 12.8. The van der Waals surface area contributed by atoms with Gasteiger partial charge in [-0.25, -0.2) is 4.79 Å². The third-order valence-electron chi connectivity index (χ3n) is 4.59. The highest BCUT2D eigenvalue weighted by atomic mass is 127. The average Bonchev–Trinajstić information content (AvgIpc) is 2.67. The lowest BCUT2D eigenvalue weighted by Crippen LogP contribution is -2.45. The number of aryl methyl sites for hydroxylation is 1. The Morgan fingerprint density at radius 3 is 2.90 bits per heavy atom. The molecular formula is C22H27IN2O4. The highest BCUT2D eigenvalue weighted by molar-refractivity contribution is 14.1. The quantitative estimate of drug-likeness (QED) is 0.606. The van der Waals surface area contributed by atoms with Crippen LogP contribution in [0.15, 0.2) is 42.7 Å². The van der Waals surface area contributed by atoms with Gasteiger partial charge in [0, 0.05) is 21.5 Å². The van der Waals surface area contributed by atoms with Crippen molar-refractivity contribution in [1.29, 1.82) is 0 Å². The minimum atomic E-state index is -0.853. The molecule has 1 aromatic heterocycles. The van der Waals surface area contributed by atoms with Crippen LogP contribution in [0.4, 0.5) is 4.79 Å². The van der Waals surface area contributed by atoms with Crippen molar-refractivity contribution >= 4 is 28.7 Å². The molecule has 0 aliphatic carbocycles. The molecule has 7 heteroatoms. The molecule has 0 fully saturated rings. The van der Waals surface area contributed by atoms with Crippen LogP contribution in [0.25, 0.3) is 0 Å². The molecule has 156 valence electrons. The van der Waals surface area contributed by atoms with Crippen molar-refractivity contribution in [1.82, 2.24) is 9.88 Å². The number of amides is 1. The van der Waals surface area contributed by atoms with Crippen molar-refractivity contribution in [3.05, 3.63) is 57.4 Å². The molecule has 6 nitrogen and oxygen atoms in total. The Kier molecular flexibility index (Phi) is 7.00. The minimum Gasteiger partial charge on any atom is -0.488 e. The molecular weight excluding hydrogens is 483 g/mol. The third kappa shape index (κ3) is 6.30. The van der Waals surface area contributed by atoms with Crippen LogP contribution in [0.5, 0.6) is 5.75 Å². The number of aromatic nitrogens is 1. The zero-order valence-electron chi connectivity index (χ0n) is 17.0. The molecule has 2 atom stereocenters. The Hall–Kier alpha value is -1.87. The number of rotatable bonds is 5. The number of ether oxygens (including phenoxy) is 2. The van der Waals surface area contributed by atoms with Gasteiger partial charge < -0.3 is 19.5 Å². The zero-order chi connectivity index (χ0) is 21.0. The fourth-order valence-electron chi connectivity index (χ4n) is 3.23. The molecule has 1 aliphatic heterocycles. The van der Waals surface area contributed by atoms with Crippen molar-refractivity contribution < 1.29 is 19.4 Å². The number of pyridine rings is 1. The first-order valence-corrected chi connectivity index (χ1v) is 10.8. The first-order valence-electron chi connectivity index (χ1n) is 9.72. The summed E-state index contributed by atoms with van der Waals surface area (Å²) in [5.41, 5.74) is 1.23. The first kappa shape index (κ1) is 21.8. The summed E-state index contributed by atoms with van der Waals surface area (Å²) in [5, 5.41) is 10.6. The molecule has 0 spiro atoms. The summed E-state index contributed by atoms with van der Waals surface area (Å²) in [7, 11) is 0. The number of halogens is 1. The highest BCUT2D eigenvalue weighted by Crippen LogP contribution is 2.29. The van der Waals surface area contributed by atoms with Gasteiger partial charge >= 0.3 is 6.09 Å². The molecule has 1 N–H and O–H groups in total. The number of carbonyl (C=O) groups excluding carboxylic acids is 1. The van der Waals surface area contributed by atoms with E-state index in [1.165, 1.54) is 14.0 Å². The van der Waals surface area contributed by atoms with Crippen LogP contribution in [-0.2, 0) is 11.2 Å². The van der Waals surface area contributed by atoms with Gasteiger partial charge in [0.1, 0.15) is 17.5 Å². The van der Waals surface area contributed by atoms with E-state index in [4.69, 9.17) is 9.47 Å². The van der Waals surface area contributed by atoms with Gasteiger partial charge in [0.2, 0.25) is 0 Å².